The van der Waals surface area contributed by atoms with Gasteiger partial charge in [-0.2, -0.15) is 5.06 Å². The predicted octanol–water partition coefficient (Wildman–Crippen LogP) is 9.36. The fourth-order valence-corrected chi connectivity index (χ4v) is 10.6. The van der Waals surface area contributed by atoms with Crippen molar-refractivity contribution < 1.29 is 24.3 Å². The van der Waals surface area contributed by atoms with Crippen molar-refractivity contribution in [3.8, 4) is 0 Å². The van der Waals surface area contributed by atoms with E-state index >= 15 is 0 Å². The first-order chi connectivity index (χ1) is 24.0. The number of piperidine rings is 2. The second-order valence-electron chi connectivity index (χ2n) is 19.6. The maximum Gasteiger partial charge on any atom is 0.233 e. The van der Waals surface area contributed by atoms with Crippen LogP contribution >= 0.6 is 0 Å². The fraction of sp³-hybridized carbons (Fsp3) is 0.953. The number of hydrogen-bond acceptors (Lipinski definition) is 7. The quantitative estimate of drug-likeness (QED) is 0.105. The molecule has 2 amide bonds. The third kappa shape index (κ3) is 11.7. The smallest absolute Gasteiger partial charge is 0.233 e. The highest BCUT2D eigenvalue weighted by molar-refractivity contribution is 6.03. The van der Waals surface area contributed by atoms with Gasteiger partial charge >= 0.3 is 0 Å². The lowest BCUT2D eigenvalue weighted by atomic mass is 9.76. The van der Waals surface area contributed by atoms with Crippen molar-refractivity contribution in [3.63, 3.8) is 0 Å². The molecule has 4 fully saturated rings. The number of β-amino-alcohol motifs (C(OH)–C–C–N with tert-alkyl or cyclic N) is 1. The number of ether oxygens (including phenoxy) is 1. The summed E-state index contributed by atoms with van der Waals surface area (Å²) in [6.07, 6.45) is 22.9. The van der Waals surface area contributed by atoms with Crippen LogP contribution in [0.2, 0.25) is 0 Å². The van der Waals surface area contributed by atoms with E-state index in [0.29, 0.717) is 31.9 Å². The Morgan fingerprint density at radius 3 is 1.78 bits per heavy atom. The third-order valence-corrected chi connectivity index (χ3v) is 12.8. The molecule has 8 heteroatoms. The average molecular weight is 718 g/mol. The molecule has 296 valence electrons. The normalized spacial score (nSPS) is 27.0. The molecule has 1 N–H and O–H groups in total. The van der Waals surface area contributed by atoms with Crippen LogP contribution in [-0.4, -0.2) is 91.4 Å². The third-order valence-electron chi connectivity index (χ3n) is 12.8. The van der Waals surface area contributed by atoms with Gasteiger partial charge in [0, 0.05) is 47.1 Å². The van der Waals surface area contributed by atoms with Crippen LogP contribution < -0.4 is 0 Å². The standard InChI is InChI=1S/C43H79N3O5/c1-10-11-12-13-14-15-16-17-18-20-23-33-26-38(48)45(39(33)49)34-27-40(2,3)44(41(4,5)28-34)31-35(47)32-50-37-29-42(6,7)46(43(8,9)30-37)51-36-24-21-19-22-25-36/h33-37,47H,10-32H2,1-9H3. The number of hydrogen-bond donors (Lipinski definition) is 1. The van der Waals surface area contributed by atoms with Gasteiger partial charge in [-0.05, 0) is 100 Å². The van der Waals surface area contributed by atoms with Crippen LogP contribution in [0, 0.1) is 5.92 Å². The summed E-state index contributed by atoms with van der Waals surface area (Å²) in [7, 11) is 0. The Kier molecular flexibility index (Phi) is 15.5. The Morgan fingerprint density at radius 2 is 1.24 bits per heavy atom. The monoisotopic (exact) mass is 718 g/mol. The van der Waals surface area contributed by atoms with E-state index in [1.165, 1.54) is 70.6 Å². The van der Waals surface area contributed by atoms with Gasteiger partial charge in [0.15, 0.2) is 0 Å². The maximum absolute atomic E-state index is 13.7. The van der Waals surface area contributed by atoms with E-state index in [2.05, 4.69) is 72.3 Å². The van der Waals surface area contributed by atoms with Crippen molar-refractivity contribution in [1.29, 1.82) is 0 Å². The van der Waals surface area contributed by atoms with Gasteiger partial charge in [0.2, 0.25) is 11.8 Å². The Hall–Kier alpha value is -1.06. The molecule has 3 aliphatic heterocycles. The second-order valence-corrected chi connectivity index (χ2v) is 19.6. The van der Waals surface area contributed by atoms with Gasteiger partial charge < -0.3 is 9.84 Å². The number of imide groups is 1. The van der Waals surface area contributed by atoms with Crippen molar-refractivity contribution in [2.24, 2.45) is 5.92 Å². The summed E-state index contributed by atoms with van der Waals surface area (Å²) in [5.74, 6) is -0.0949. The largest absolute Gasteiger partial charge is 0.389 e. The number of rotatable bonds is 19. The van der Waals surface area contributed by atoms with E-state index in [-0.39, 0.29) is 58.6 Å². The topological polar surface area (TPSA) is 82.6 Å². The van der Waals surface area contributed by atoms with E-state index in [0.717, 1.165) is 44.9 Å². The zero-order valence-electron chi connectivity index (χ0n) is 34.6. The molecule has 3 saturated heterocycles. The number of hydroxylamine groups is 2. The van der Waals surface area contributed by atoms with Crippen LogP contribution in [-0.2, 0) is 19.2 Å². The molecule has 0 spiro atoms. The molecule has 0 aromatic carbocycles. The molecule has 2 atom stereocenters. The summed E-state index contributed by atoms with van der Waals surface area (Å²) < 4.78 is 6.50. The zero-order valence-corrected chi connectivity index (χ0v) is 34.6. The van der Waals surface area contributed by atoms with Gasteiger partial charge in [-0.25, -0.2) is 0 Å². The van der Waals surface area contributed by atoms with E-state index in [4.69, 9.17) is 9.57 Å². The summed E-state index contributed by atoms with van der Waals surface area (Å²) in [5.41, 5.74) is -0.933. The summed E-state index contributed by atoms with van der Waals surface area (Å²) in [5, 5.41) is 13.7. The molecule has 4 aliphatic rings. The van der Waals surface area contributed by atoms with Gasteiger partial charge in [0.1, 0.15) is 0 Å². The van der Waals surface area contributed by atoms with Crippen LogP contribution in [0.3, 0.4) is 0 Å². The Bertz CT molecular complexity index is 1060. The van der Waals surface area contributed by atoms with Crippen LogP contribution in [0.25, 0.3) is 0 Å². The number of aliphatic hydroxyl groups excluding tert-OH is 1. The molecular formula is C43H79N3O5. The highest BCUT2D eigenvalue weighted by Crippen LogP contribution is 2.44. The molecule has 0 aromatic rings. The van der Waals surface area contributed by atoms with Crippen molar-refractivity contribution >= 4 is 11.8 Å². The highest BCUT2D eigenvalue weighted by atomic mass is 16.7. The summed E-state index contributed by atoms with van der Waals surface area (Å²) >= 11 is 0. The molecule has 8 nitrogen and oxygen atoms in total. The lowest BCUT2D eigenvalue weighted by Crippen LogP contribution is -2.66. The molecule has 51 heavy (non-hydrogen) atoms. The van der Waals surface area contributed by atoms with Gasteiger partial charge in [-0.1, -0.05) is 90.4 Å². The summed E-state index contributed by atoms with van der Waals surface area (Å²) in [6, 6.07) is -0.108. The van der Waals surface area contributed by atoms with Crippen LogP contribution in [0.5, 0.6) is 0 Å². The zero-order chi connectivity index (χ0) is 37.5. The molecule has 1 aliphatic carbocycles. The minimum atomic E-state index is -0.636. The van der Waals surface area contributed by atoms with Crippen LogP contribution in [0.1, 0.15) is 197 Å². The lowest BCUT2D eigenvalue weighted by molar-refractivity contribution is -0.320. The Balaban J connectivity index is 1.23. The lowest BCUT2D eigenvalue weighted by Gasteiger charge is -2.57. The van der Waals surface area contributed by atoms with Crippen LogP contribution in [0.4, 0.5) is 0 Å². The second kappa shape index (κ2) is 18.5. The predicted molar refractivity (Wildman–Crippen MR) is 207 cm³/mol. The molecule has 4 rings (SSSR count). The van der Waals surface area contributed by atoms with E-state index in [9.17, 15) is 14.7 Å². The van der Waals surface area contributed by atoms with Gasteiger partial charge in [0.25, 0.3) is 0 Å². The number of amides is 2. The Labute approximate surface area is 313 Å². The molecule has 0 bridgehead atoms. The molecule has 0 aromatic heterocycles. The van der Waals surface area contributed by atoms with Gasteiger partial charge in [0.05, 0.1) is 24.9 Å². The van der Waals surface area contributed by atoms with E-state index in [1.807, 2.05) is 0 Å². The minimum absolute atomic E-state index is 0.0107. The van der Waals surface area contributed by atoms with Gasteiger partial charge in [-0.15, -0.1) is 0 Å². The van der Waals surface area contributed by atoms with Crippen molar-refractivity contribution in [3.05, 3.63) is 0 Å². The minimum Gasteiger partial charge on any atom is -0.389 e. The SMILES string of the molecule is CCCCCCCCCCCCC1CC(=O)N(C2CC(C)(C)N(CC(O)COC3CC(C)(C)N(OC4CCCCC4)C(C)(C)C3)C(C)(C)C2)C1=O. The average Bonchev–Trinajstić information content (AvgIpc) is 3.32. The molecule has 0 radical (unpaired) electrons. The van der Waals surface area contributed by atoms with Crippen molar-refractivity contribution in [1.82, 2.24) is 14.9 Å². The maximum atomic E-state index is 13.7. The number of carbonyl (C=O) groups excluding carboxylic acids is 2. The summed E-state index contributed by atoms with van der Waals surface area (Å²) in [4.78, 5) is 37.7. The summed E-state index contributed by atoms with van der Waals surface area (Å²) in [6.45, 7) is 20.9. The van der Waals surface area contributed by atoms with E-state index < -0.39 is 6.10 Å². The number of nitrogens with zero attached hydrogens (tertiary/aromatic N) is 3. The van der Waals surface area contributed by atoms with Crippen molar-refractivity contribution in [2.75, 3.05) is 13.2 Å². The highest BCUT2D eigenvalue weighted by Gasteiger charge is 2.52. The number of aliphatic hydroxyl groups is 1. The number of unbranched alkanes of at least 4 members (excludes halogenated alkanes) is 9. The fourth-order valence-electron chi connectivity index (χ4n) is 10.6. The van der Waals surface area contributed by atoms with Crippen LogP contribution in [0.15, 0.2) is 0 Å². The molecular weight excluding hydrogens is 638 g/mol. The van der Waals surface area contributed by atoms with Crippen molar-refractivity contribution in [2.45, 2.75) is 244 Å². The van der Waals surface area contributed by atoms with Gasteiger partial charge in [-0.3, -0.25) is 24.2 Å². The molecule has 1 saturated carbocycles. The first-order valence-electron chi connectivity index (χ1n) is 21.4. The molecule has 3 heterocycles. The number of carbonyl (C=O) groups is 2. The molecule has 2 unspecified atom stereocenters. The first kappa shape index (κ1) is 42.7. The first-order valence-corrected chi connectivity index (χ1v) is 21.4. The number of likely N-dealkylation sites (tertiary alicyclic amines) is 2. The Morgan fingerprint density at radius 1 is 0.706 bits per heavy atom. The van der Waals surface area contributed by atoms with E-state index in [1.54, 1.807) is 4.90 Å².